The van der Waals surface area contributed by atoms with E-state index in [1.54, 1.807) is 6.07 Å². The van der Waals surface area contributed by atoms with E-state index in [1.807, 2.05) is 12.1 Å². The van der Waals surface area contributed by atoms with Gasteiger partial charge in [-0.25, -0.2) is 4.98 Å². The molecule has 2 aromatic rings. The number of nitrogens with one attached hydrogen (secondary N) is 2. The van der Waals surface area contributed by atoms with Crippen LogP contribution in [0.5, 0.6) is 5.75 Å². The molecule has 0 bridgehead atoms. The quantitative estimate of drug-likeness (QED) is 0.834. The second kappa shape index (κ2) is 6.02. The van der Waals surface area contributed by atoms with Crippen LogP contribution in [0.4, 0.5) is 0 Å². The lowest BCUT2D eigenvalue weighted by Gasteiger charge is -2.26. The van der Waals surface area contributed by atoms with Crippen molar-refractivity contribution in [3.8, 4) is 5.75 Å². The van der Waals surface area contributed by atoms with E-state index in [2.05, 4.69) is 20.2 Å². The first-order chi connectivity index (χ1) is 9.83. The Morgan fingerprint density at radius 2 is 2.15 bits per heavy atom. The maximum absolute atomic E-state index is 11.6. The summed E-state index contributed by atoms with van der Waals surface area (Å²) in [6.07, 6.45) is 1.41. The minimum absolute atomic E-state index is 0.123. The summed E-state index contributed by atoms with van der Waals surface area (Å²) in [4.78, 5) is 20.6. The topological polar surface area (TPSA) is 70.2 Å². The number of aromatic amines is 1. The average molecular weight is 274 g/mol. The number of rotatable bonds is 4. The fourth-order valence-electron chi connectivity index (χ4n) is 2.37. The van der Waals surface area contributed by atoms with Crippen LogP contribution in [0.3, 0.4) is 0 Å². The smallest absolute Gasteiger partial charge is 0.258 e. The lowest BCUT2D eigenvalue weighted by atomic mass is 10.2. The Hall–Kier alpha value is -1.92. The van der Waals surface area contributed by atoms with Gasteiger partial charge in [-0.1, -0.05) is 0 Å². The maximum Gasteiger partial charge on any atom is 0.258 e. The molecule has 0 radical (unpaired) electrons. The number of aromatic nitrogens is 2. The summed E-state index contributed by atoms with van der Waals surface area (Å²) in [7, 11) is 0. The number of fused-ring (bicyclic) bond motifs is 1. The van der Waals surface area contributed by atoms with Crippen LogP contribution in [-0.2, 0) is 0 Å². The number of ether oxygens (including phenoxy) is 1. The van der Waals surface area contributed by atoms with Crippen molar-refractivity contribution in [2.45, 2.75) is 0 Å². The average Bonchev–Trinajstić information content (AvgIpc) is 2.48. The van der Waals surface area contributed by atoms with E-state index < -0.39 is 0 Å². The zero-order chi connectivity index (χ0) is 13.8. The van der Waals surface area contributed by atoms with Crippen molar-refractivity contribution < 1.29 is 4.74 Å². The van der Waals surface area contributed by atoms with E-state index >= 15 is 0 Å². The molecular formula is C14H18N4O2. The van der Waals surface area contributed by atoms with Gasteiger partial charge in [-0.15, -0.1) is 0 Å². The van der Waals surface area contributed by atoms with Crippen LogP contribution in [-0.4, -0.2) is 54.2 Å². The Labute approximate surface area is 116 Å². The second-order valence-electron chi connectivity index (χ2n) is 4.85. The summed E-state index contributed by atoms with van der Waals surface area (Å²) in [5.41, 5.74) is 0.538. The van der Waals surface area contributed by atoms with E-state index in [1.165, 1.54) is 6.33 Å². The maximum atomic E-state index is 11.6. The highest BCUT2D eigenvalue weighted by atomic mass is 16.5. The van der Waals surface area contributed by atoms with Crippen LogP contribution >= 0.6 is 0 Å². The van der Waals surface area contributed by atoms with Gasteiger partial charge in [-0.3, -0.25) is 9.69 Å². The Morgan fingerprint density at radius 3 is 3.00 bits per heavy atom. The molecule has 6 heteroatoms. The largest absolute Gasteiger partial charge is 0.492 e. The van der Waals surface area contributed by atoms with Crippen molar-refractivity contribution >= 4 is 10.9 Å². The van der Waals surface area contributed by atoms with Gasteiger partial charge in [-0.05, 0) is 12.1 Å². The minimum atomic E-state index is -0.123. The SMILES string of the molecule is O=c1[nH]cnc2cc(OCCN3CCNCC3)ccc12. The molecule has 0 spiro atoms. The van der Waals surface area contributed by atoms with Crippen LogP contribution in [0.25, 0.3) is 10.9 Å². The van der Waals surface area contributed by atoms with Crippen molar-refractivity contribution in [1.29, 1.82) is 0 Å². The fraction of sp³-hybridized carbons (Fsp3) is 0.429. The first-order valence-electron chi connectivity index (χ1n) is 6.86. The Morgan fingerprint density at radius 1 is 1.30 bits per heavy atom. The van der Waals surface area contributed by atoms with Gasteiger partial charge in [0.05, 0.1) is 17.2 Å². The van der Waals surface area contributed by atoms with E-state index in [0.717, 1.165) is 38.5 Å². The third kappa shape index (κ3) is 2.97. The first-order valence-corrected chi connectivity index (χ1v) is 6.86. The number of piperazine rings is 1. The summed E-state index contributed by atoms with van der Waals surface area (Å²) in [5, 5.41) is 3.91. The molecule has 1 aromatic carbocycles. The molecule has 0 aliphatic carbocycles. The lowest BCUT2D eigenvalue weighted by Crippen LogP contribution is -2.44. The number of H-pyrrole nitrogens is 1. The van der Waals surface area contributed by atoms with Crippen molar-refractivity contribution in [2.75, 3.05) is 39.3 Å². The molecule has 2 N–H and O–H groups in total. The summed E-state index contributed by atoms with van der Waals surface area (Å²) in [5.74, 6) is 0.755. The van der Waals surface area contributed by atoms with Crippen molar-refractivity contribution in [1.82, 2.24) is 20.2 Å². The zero-order valence-corrected chi connectivity index (χ0v) is 11.3. The standard InChI is InChI=1S/C14H18N4O2/c19-14-12-2-1-11(9-13(12)16-10-17-14)20-8-7-18-5-3-15-4-6-18/h1-2,9-10,15H,3-8H2,(H,16,17,19). The summed E-state index contributed by atoms with van der Waals surface area (Å²) >= 11 is 0. The van der Waals surface area contributed by atoms with Gasteiger partial charge in [0.2, 0.25) is 0 Å². The molecular weight excluding hydrogens is 256 g/mol. The van der Waals surface area contributed by atoms with E-state index in [0.29, 0.717) is 17.5 Å². The van der Waals surface area contributed by atoms with Crippen LogP contribution in [0.15, 0.2) is 29.3 Å². The van der Waals surface area contributed by atoms with E-state index in [9.17, 15) is 4.79 Å². The van der Waals surface area contributed by atoms with Crippen LogP contribution < -0.4 is 15.6 Å². The van der Waals surface area contributed by atoms with Crippen molar-refractivity contribution in [3.05, 3.63) is 34.9 Å². The Balaban J connectivity index is 1.61. The van der Waals surface area contributed by atoms with Gasteiger partial charge < -0.3 is 15.0 Å². The highest BCUT2D eigenvalue weighted by molar-refractivity contribution is 5.78. The normalized spacial score (nSPS) is 16.4. The monoisotopic (exact) mass is 274 g/mol. The van der Waals surface area contributed by atoms with Crippen molar-refractivity contribution in [3.63, 3.8) is 0 Å². The molecule has 1 aliphatic heterocycles. The number of nitrogens with zero attached hydrogens (tertiary/aromatic N) is 2. The molecule has 20 heavy (non-hydrogen) atoms. The molecule has 1 aromatic heterocycles. The van der Waals surface area contributed by atoms with Crippen LogP contribution in [0.2, 0.25) is 0 Å². The van der Waals surface area contributed by atoms with E-state index in [-0.39, 0.29) is 5.56 Å². The molecule has 0 atom stereocenters. The molecule has 3 rings (SSSR count). The Kier molecular flexibility index (Phi) is 3.94. The molecule has 1 aliphatic rings. The molecule has 0 amide bonds. The zero-order valence-electron chi connectivity index (χ0n) is 11.3. The van der Waals surface area contributed by atoms with Gasteiger partial charge in [0, 0.05) is 38.8 Å². The van der Waals surface area contributed by atoms with Crippen LogP contribution in [0.1, 0.15) is 0 Å². The highest BCUT2D eigenvalue weighted by Crippen LogP contribution is 2.16. The van der Waals surface area contributed by atoms with Crippen molar-refractivity contribution in [2.24, 2.45) is 0 Å². The highest BCUT2D eigenvalue weighted by Gasteiger charge is 2.09. The van der Waals surface area contributed by atoms with Gasteiger partial charge in [0.25, 0.3) is 5.56 Å². The first kappa shape index (κ1) is 13.1. The van der Waals surface area contributed by atoms with Gasteiger partial charge in [0.1, 0.15) is 12.4 Å². The molecule has 2 heterocycles. The second-order valence-corrected chi connectivity index (χ2v) is 4.85. The number of hydrogen-bond donors (Lipinski definition) is 2. The number of benzene rings is 1. The predicted octanol–water partition coefficient (Wildman–Crippen LogP) is 0.207. The summed E-state index contributed by atoms with van der Waals surface area (Å²) < 4.78 is 5.74. The molecule has 1 fully saturated rings. The van der Waals surface area contributed by atoms with E-state index in [4.69, 9.17) is 4.74 Å². The third-order valence-electron chi connectivity index (χ3n) is 3.50. The molecule has 0 unspecified atom stereocenters. The molecule has 0 saturated carbocycles. The lowest BCUT2D eigenvalue weighted by molar-refractivity contribution is 0.191. The summed E-state index contributed by atoms with van der Waals surface area (Å²) in [6.45, 7) is 5.79. The predicted molar refractivity (Wildman–Crippen MR) is 77.2 cm³/mol. The molecule has 6 nitrogen and oxygen atoms in total. The van der Waals surface area contributed by atoms with Gasteiger partial charge in [-0.2, -0.15) is 0 Å². The fourth-order valence-corrected chi connectivity index (χ4v) is 2.37. The Bertz CT molecular complexity index is 634. The van der Waals surface area contributed by atoms with Gasteiger partial charge in [0.15, 0.2) is 0 Å². The molecule has 1 saturated heterocycles. The summed E-state index contributed by atoms with van der Waals surface area (Å²) in [6, 6.07) is 5.38. The van der Waals surface area contributed by atoms with Crippen LogP contribution in [0, 0.1) is 0 Å². The third-order valence-corrected chi connectivity index (χ3v) is 3.50. The minimum Gasteiger partial charge on any atom is -0.492 e. The molecule has 106 valence electrons. The van der Waals surface area contributed by atoms with Gasteiger partial charge >= 0.3 is 0 Å². The number of hydrogen-bond acceptors (Lipinski definition) is 5.